The van der Waals surface area contributed by atoms with E-state index in [2.05, 4.69) is 16.9 Å². The summed E-state index contributed by atoms with van der Waals surface area (Å²) in [5, 5.41) is 18.4. The summed E-state index contributed by atoms with van der Waals surface area (Å²) in [6.45, 7) is 3.57. The molecule has 0 spiro atoms. The van der Waals surface area contributed by atoms with Crippen molar-refractivity contribution in [3.63, 3.8) is 0 Å². The normalized spacial score (nSPS) is 10.5. The number of aromatic hydroxyl groups is 1. The van der Waals surface area contributed by atoms with Gasteiger partial charge in [-0.1, -0.05) is 23.9 Å². The molecule has 7 nitrogen and oxygen atoms in total. The lowest BCUT2D eigenvalue weighted by molar-refractivity contribution is -0.138. The summed E-state index contributed by atoms with van der Waals surface area (Å²) < 4.78 is 11.8. The molecule has 0 unspecified atom stereocenters. The number of para-hydroxylation sites is 1. The SMILES string of the molecule is C=CC(=O)OCCOc1ccc(-n2nnc3ccccc32)c(O)c1. The molecular weight excluding hydrogens is 310 g/mol. The monoisotopic (exact) mass is 325 g/mol. The smallest absolute Gasteiger partial charge is 0.330 e. The van der Waals surface area contributed by atoms with Crippen molar-refractivity contribution in [2.45, 2.75) is 0 Å². The van der Waals surface area contributed by atoms with Gasteiger partial charge in [0.05, 0.1) is 5.52 Å². The summed E-state index contributed by atoms with van der Waals surface area (Å²) in [7, 11) is 0. The van der Waals surface area contributed by atoms with Gasteiger partial charge in [-0.3, -0.25) is 0 Å². The van der Waals surface area contributed by atoms with Gasteiger partial charge in [0.15, 0.2) is 0 Å². The van der Waals surface area contributed by atoms with Gasteiger partial charge in [0.25, 0.3) is 0 Å². The van der Waals surface area contributed by atoms with Crippen molar-refractivity contribution in [3.05, 3.63) is 55.1 Å². The van der Waals surface area contributed by atoms with Gasteiger partial charge in [-0.05, 0) is 24.3 Å². The topological polar surface area (TPSA) is 86.5 Å². The van der Waals surface area contributed by atoms with E-state index in [-0.39, 0.29) is 19.0 Å². The summed E-state index contributed by atoms with van der Waals surface area (Å²) in [5.74, 6) is -0.0450. The number of hydrogen-bond donors (Lipinski definition) is 1. The van der Waals surface area contributed by atoms with Gasteiger partial charge in [0, 0.05) is 12.1 Å². The molecular formula is C17H15N3O4. The lowest BCUT2D eigenvalue weighted by Crippen LogP contribution is -2.10. The van der Waals surface area contributed by atoms with Crippen LogP contribution in [0.5, 0.6) is 11.5 Å². The molecule has 0 fully saturated rings. The highest BCUT2D eigenvalue weighted by Crippen LogP contribution is 2.28. The lowest BCUT2D eigenvalue weighted by atomic mass is 10.2. The fourth-order valence-corrected chi connectivity index (χ4v) is 2.18. The van der Waals surface area contributed by atoms with E-state index >= 15 is 0 Å². The van der Waals surface area contributed by atoms with E-state index < -0.39 is 5.97 Å². The zero-order chi connectivity index (χ0) is 16.9. The third kappa shape index (κ3) is 3.19. The Balaban J connectivity index is 1.73. The van der Waals surface area contributed by atoms with Crippen LogP contribution in [0.25, 0.3) is 16.7 Å². The van der Waals surface area contributed by atoms with E-state index in [0.717, 1.165) is 17.1 Å². The Morgan fingerprint density at radius 3 is 2.88 bits per heavy atom. The van der Waals surface area contributed by atoms with Gasteiger partial charge in [-0.15, -0.1) is 5.10 Å². The van der Waals surface area contributed by atoms with Crippen LogP contribution in [0.3, 0.4) is 0 Å². The maximum Gasteiger partial charge on any atom is 0.330 e. The van der Waals surface area contributed by atoms with E-state index in [1.807, 2.05) is 24.3 Å². The van der Waals surface area contributed by atoms with Crippen LogP contribution in [0.4, 0.5) is 0 Å². The van der Waals surface area contributed by atoms with Crippen LogP contribution in [-0.2, 0) is 9.53 Å². The summed E-state index contributed by atoms with van der Waals surface area (Å²) in [6, 6.07) is 12.3. The van der Waals surface area contributed by atoms with Gasteiger partial charge in [-0.2, -0.15) is 0 Å². The van der Waals surface area contributed by atoms with Crippen LogP contribution in [0.15, 0.2) is 55.1 Å². The second kappa shape index (κ2) is 6.82. The summed E-state index contributed by atoms with van der Waals surface area (Å²) in [4.78, 5) is 10.9. The molecule has 3 aromatic rings. The van der Waals surface area contributed by atoms with Gasteiger partial charge in [0.1, 0.15) is 35.9 Å². The maximum atomic E-state index is 10.9. The average Bonchev–Trinajstić information content (AvgIpc) is 3.02. The van der Waals surface area contributed by atoms with Crippen LogP contribution in [0, 0.1) is 0 Å². The largest absolute Gasteiger partial charge is 0.506 e. The van der Waals surface area contributed by atoms with Gasteiger partial charge in [0.2, 0.25) is 0 Å². The molecule has 0 aliphatic carbocycles. The number of rotatable bonds is 6. The number of phenols is 1. The Kier molecular flexibility index (Phi) is 4.42. The van der Waals surface area contributed by atoms with E-state index in [1.165, 1.54) is 6.07 Å². The van der Waals surface area contributed by atoms with Crippen molar-refractivity contribution in [1.29, 1.82) is 0 Å². The molecule has 0 atom stereocenters. The first kappa shape index (κ1) is 15.5. The summed E-state index contributed by atoms with van der Waals surface area (Å²) >= 11 is 0. The molecule has 0 saturated heterocycles. The number of esters is 1. The molecule has 0 aliphatic rings. The number of ether oxygens (including phenoxy) is 2. The average molecular weight is 325 g/mol. The lowest BCUT2D eigenvalue weighted by Gasteiger charge is -2.09. The molecule has 1 aromatic heterocycles. The Morgan fingerprint density at radius 1 is 1.25 bits per heavy atom. The molecule has 0 bridgehead atoms. The molecule has 7 heteroatoms. The number of benzene rings is 2. The molecule has 3 rings (SSSR count). The molecule has 122 valence electrons. The number of carbonyl (C=O) groups is 1. The van der Waals surface area contributed by atoms with Crippen LogP contribution >= 0.6 is 0 Å². The molecule has 2 aromatic carbocycles. The van der Waals surface area contributed by atoms with Crippen molar-refractivity contribution in [1.82, 2.24) is 15.0 Å². The van der Waals surface area contributed by atoms with E-state index in [9.17, 15) is 9.90 Å². The third-order valence-electron chi connectivity index (χ3n) is 3.29. The molecule has 0 amide bonds. The zero-order valence-electron chi connectivity index (χ0n) is 12.8. The molecule has 0 radical (unpaired) electrons. The Labute approximate surface area is 137 Å². The standard InChI is InChI=1S/C17H15N3O4/c1-2-17(22)24-10-9-23-12-7-8-15(16(21)11-12)20-14-6-4-3-5-13(14)18-19-20/h2-8,11,21H,1,9-10H2. The van der Waals surface area contributed by atoms with Crippen molar-refractivity contribution in [3.8, 4) is 17.2 Å². The number of fused-ring (bicyclic) bond motifs is 1. The highest BCUT2D eigenvalue weighted by molar-refractivity contribution is 5.81. The minimum Gasteiger partial charge on any atom is -0.506 e. The number of phenolic OH excluding ortho intramolecular Hbond substituents is 1. The summed E-state index contributed by atoms with van der Waals surface area (Å²) in [5.41, 5.74) is 2.02. The van der Waals surface area contributed by atoms with Gasteiger partial charge < -0.3 is 14.6 Å². The maximum absolute atomic E-state index is 10.9. The second-order valence-electron chi connectivity index (χ2n) is 4.86. The van der Waals surface area contributed by atoms with Crippen LogP contribution in [0.1, 0.15) is 0 Å². The van der Waals surface area contributed by atoms with Gasteiger partial charge in [-0.25, -0.2) is 9.48 Å². The van der Waals surface area contributed by atoms with Crippen LogP contribution in [-0.4, -0.2) is 39.3 Å². The quantitative estimate of drug-likeness (QED) is 0.425. The van der Waals surface area contributed by atoms with E-state index in [1.54, 1.807) is 16.8 Å². The fourth-order valence-electron chi connectivity index (χ4n) is 2.18. The third-order valence-corrected chi connectivity index (χ3v) is 3.29. The predicted octanol–water partition coefficient (Wildman–Crippen LogP) is 2.23. The predicted molar refractivity (Wildman–Crippen MR) is 87.2 cm³/mol. The minimum atomic E-state index is -0.505. The number of hydrogen-bond acceptors (Lipinski definition) is 6. The molecule has 1 heterocycles. The zero-order valence-corrected chi connectivity index (χ0v) is 12.8. The number of carbonyl (C=O) groups excluding carboxylic acids is 1. The van der Waals surface area contributed by atoms with Crippen molar-refractivity contribution < 1.29 is 19.4 Å². The minimum absolute atomic E-state index is 0.00578. The Bertz CT molecular complexity index is 888. The first-order chi connectivity index (χ1) is 11.7. The van der Waals surface area contributed by atoms with Crippen molar-refractivity contribution >= 4 is 17.0 Å². The van der Waals surface area contributed by atoms with Gasteiger partial charge >= 0.3 is 5.97 Å². The Hall–Kier alpha value is -3.35. The van der Waals surface area contributed by atoms with Crippen LogP contribution in [0.2, 0.25) is 0 Å². The van der Waals surface area contributed by atoms with E-state index in [0.29, 0.717) is 11.4 Å². The first-order valence-electron chi connectivity index (χ1n) is 7.25. The Morgan fingerprint density at radius 2 is 2.08 bits per heavy atom. The highest BCUT2D eigenvalue weighted by atomic mass is 16.6. The first-order valence-corrected chi connectivity index (χ1v) is 7.25. The van der Waals surface area contributed by atoms with Crippen LogP contribution < -0.4 is 4.74 Å². The van der Waals surface area contributed by atoms with Crippen molar-refractivity contribution in [2.24, 2.45) is 0 Å². The fraction of sp³-hybridized carbons (Fsp3) is 0.118. The van der Waals surface area contributed by atoms with Crippen molar-refractivity contribution in [2.75, 3.05) is 13.2 Å². The molecule has 0 saturated carbocycles. The number of aromatic nitrogens is 3. The molecule has 24 heavy (non-hydrogen) atoms. The highest BCUT2D eigenvalue weighted by Gasteiger charge is 2.11. The second-order valence-corrected chi connectivity index (χ2v) is 4.86. The summed E-state index contributed by atoms with van der Waals surface area (Å²) in [6.07, 6.45) is 1.09. The molecule has 1 N–H and O–H groups in total. The molecule has 0 aliphatic heterocycles. The van der Waals surface area contributed by atoms with E-state index in [4.69, 9.17) is 9.47 Å². The number of nitrogens with zero attached hydrogens (tertiary/aromatic N) is 3.